The maximum Gasteiger partial charge on any atom is 0.227 e. The van der Waals surface area contributed by atoms with Gasteiger partial charge in [-0.3, -0.25) is 4.98 Å². The molecule has 0 N–H and O–H groups in total. The van der Waals surface area contributed by atoms with E-state index in [0.717, 1.165) is 32.1 Å². The second kappa shape index (κ2) is 4.64. The van der Waals surface area contributed by atoms with Crippen LogP contribution < -0.4 is 0 Å². The third-order valence-corrected chi connectivity index (χ3v) is 4.92. The van der Waals surface area contributed by atoms with Crippen LogP contribution in [0.15, 0.2) is 58.5 Å². The molecular formula is C19H12N2OS. The molecule has 3 nitrogen and oxygen atoms in total. The van der Waals surface area contributed by atoms with Crippen LogP contribution in [0.25, 0.3) is 43.4 Å². The van der Waals surface area contributed by atoms with Crippen molar-refractivity contribution >= 4 is 43.5 Å². The quantitative estimate of drug-likeness (QED) is 0.405. The summed E-state index contributed by atoms with van der Waals surface area (Å²) >= 11 is 1.64. The monoisotopic (exact) mass is 319 g/mol. The number of furan rings is 1. The van der Waals surface area contributed by atoms with Gasteiger partial charge in [-0.15, -0.1) is 11.3 Å². The highest BCUT2D eigenvalue weighted by Gasteiger charge is 2.15. The van der Waals surface area contributed by atoms with Crippen LogP contribution in [0, 0.1) is 6.85 Å². The Morgan fingerprint density at radius 3 is 3.04 bits per heavy atom. The van der Waals surface area contributed by atoms with E-state index in [-0.39, 0.29) is 5.69 Å². The summed E-state index contributed by atoms with van der Waals surface area (Å²) in [6.07, 6.45) is 1.79. The number of pyridine rings is 2. The molecule has 4 aromatic heterocycles. The van der Waals surface area contributed by atoms with Crippen LogP contribution in [0.2, 0.25) is 0 Å². The number of rotatable bonds is 1. The van der Waals surface area contributed by atoms with Crippen molar-refractivity contribution in [3.8, 4) is 11.3 Å². The van der Waals surface area contributed by atoms with Crippen molar-refractivity contribution in [2.75, 3.05) is 0 Å². The predicted octanol–water partition coefficient (Wildman–Crippen LogP) is 5.57. The molecule has 1 aromatic carbocycles. The lowest BCUT2D eigenvalue weighted by Gasteiger charge is -2.03. The van der Waals surface area contributed by atoms with Gasteiger partial charge in [-0.2, -0.15) is 0 Å². The highest BCUT2D eigenvalue weighted by atomic mass is 32.1. The molecule has 0 aliphatic heterocycles. The minimum absolute atomic E-state index is 0.0316. The highest BCUT2D eigenvalue weighted by molar-refractivity contribution is 7.17. The van der Waals surface area contributed by atoms with Gasteiger partial charge in [-0.05, 0) is 48.0 Å². The van der Waals surface area contributed by atoms with E-state index in [9.17, 15) is 0 Å². The normalized spacial score (nSPS) is 14.2. The fourth-order valence-electron chi connectivity index (χ4n) is 2.95. The Labute approximate surface area is 140 Å². The summed E-state index contributed by atoms with van der Waals surface area (Å²) in [4.78, 5) is 8.79. The smallest absolute Gasteiger partial charge is 0.227 e. The zero-order valence-corrected chi connectivity index (χ0v) is 12.7. The number of para-hydroxylation sites is 1. The van der Waals surface area contributed by atoms with Gasteiger partial charge < -0.3 is 4.42 Å². The number of hydrogen-bond donors (Lipinski definition) is 0. The summed E-state index contributed by atoms with van der Waals surface area (Å²) in [6, 6.07) is 13.2. The van der Waals surface area contributed by atoms with Crippen molar-refractivity contribution in [2.24, 2.45) is 0 Å². The Hall–Kier alpha value is -2.72. The number of hydrogen-bond acceptors (Lipinski definition) is 4. The summed E-state index contributed by atoms with van der Waals surface area (Å²) in [6.45, 7) is -2.26. The molecule has 0 atom stereocenters. The van der Waals surface area contributed by atoms with E-state index < -0.39 is 6.85 Å². The second-order valence-corrected chi connectivity index (χ2v) is 6.25. The SMILES string of the molecule is [2H]C([2H])([2H])c1ccc2c(n1)oc1c(-c3nccc4ccsc34)cccc12. The number of aromatic nitrogens is 2. The maximum atomic E-state index is 7.55. The Morgan fingerprint density at radius 2 is 2.09 bits per heavy atom. The van der Waals surface area contributed by atoms with Gasteiger partial charge >= 0.3 is 0 Å². The number of thiophene rings is 1. The zero-order valence-electron chi connectivity index (χ0n) is 14.9. The fraction of sp³-hybridized carbons (Fsp3) is 0.0526. The molecule has 0 bridgehead atoms. The molecule has 5 rings (SSSR count). The van der Waals surface area contributed by atoms with Gasteiger partial charge in [0, 0.05) is 32.3 Å². The van der Waals surface area contributed by atoms with Gasteiger partial charge in [0.2, 0.25) is 5.71 Å². The Balaban J connectivity index is 1.83. The maximum absolute atomic E-state index is 7.55. The van der Waals surface area contributed by atoms with Gasteiger partial charge in [0.25, 0.3) is 0 Å². The molecule has 0 aliphatic carbocycles. The van der Waals surface area contributed by atoms with Crippen molar-refractivity contribution in [1.82, 2.24) is 9.97 Å². The van der Waals surface area contributed by atoms with Crippen LogP contribution in [0.4, 0.5) is 0 Å². The third-order valence-electron chi connectivity index (χ3n) is 3.99. The molecule has 0 saturated heterocycles. The molecule has 23 heavy (non-hydrogen) atoms. The second-order valence-electron chi connectivity index (χ2n) is 5.33. The van der Waals surface area contributed by atoms with E-state index in [2.05, 4.69) is 16.0 Å². The Morgan fingerprint density at radius 1 is 1.09 bits per heavy atom. The molecule has 110 valence electrons. The zero-order chi connectivity index (χ0) is 17.9. The lowest BCUT2D eigenvalue weighted by Crippen LogP contribution is -1.83. The molecule has 0 saturated carbocycles. The fourth-order valence-corrected chi connectivity index (χ4v) is 3.85. The lowest BCUT2D eigenvalue weighted by molar-refractivity contribution is 0.653. The lowest BCUT2D eigenvalue weighted by atomic mass is 10.1. The summed E-state index contributed by atoms with van der Waals surface area (Å²) in [5, 5.41) is 4.88. The molecule has 0 radical (unpaired) electrons. The first-order chi connectivity index (χ1) is 12.5. The summed E-state index contributed by atoms with van der Waals surface area (Å²) in [5.41, 5.74) is 2.77. The first kappa shape index (κ1) is 10.1. The van der Waals surface area contributed by atoms with Crippen molar-refractivity contribution in [1.29, 1.82) is 0 Å². The summed E-state index contributed by atoms with van der Waals surface area (Å²) in [5.74, 6) is 0. The first-order valence-corrected chi connectivity index (χ1v) is 8.06. The Kier molecular flexibility index (Phi) is 2.04. The average molecular weight is 319 g/mol. The molecule has 4 heteroatoms. The van der Waals surface area contributed by atoms with Gasteiger partial charge in [-0.25, -0.2) is 4.98 Å². The largest absolute Gasteiger partial charge is 0.437 e. The topological polar surface area (TPSA) is 38.9 Å². The molecule has 0 unspecified atom stereocenters. The van der Waals surface area contributed by atoms with E-state index >= 15 is 0 Å². The first-order valence-electron chi connectivity index (χ1n) is 8.68. The minimum atomic E-state index is -2.26. The average Bonchev–Trinajstić information content (AvgIpc) is 3.24. The van der Waals surface area contributed by atoms with E-state index in [1.807, 2.05) is 29.6 Å². The van der Waals surface area contributed by atoms with Crippen molar-refractivity contribution < 1.29 is 8.53 Å². The number of nitrogens with zero attached hydrogens (tertiary/aromatic N) is 2. The minimum Gasteiger partial charge on any atom is -0.437 e. The summed E-state index contributed by atoms with van der Waals surface area (Å²) < 4.78 is 29.8. The molecular weight excluding hydrogens is 304 g/mol. The van der Waals surface area contributed by atoms with E-state index in [1.165, 1.54) is 6.07 Å². The van der Waals surface area contributed by atoms with Crippen LogP contribution in [0.3, 0.4) is 0 Å². The summed E-state index contributed by atoms with van der Waals surface area (Å²) in [7, 11) is 0. The van der Waals surface area contributed by atoms with Gasteiger partial charge in [0.05, 0.1) is 10.4 Å². The molecule has 0 fully saturated rings. The van der Waals surface area contributed by atoms with Crippen LogP contribution in [-0.4, -0.2) is 9.97 Å². The van der Waals surface area contributed by atoms with E-state index in [0.29, 0.717) is 11.3 Å². The van der Waals surface area contributed by atoms with Gasteiger partial charge in [-0.1, -0.05) is 12.1 Å². The van der Waals surface area contributed by atoms with Crippen LogP contribution in [0.5, 0.6) is 0 Å². The number of fused-ring (bicyclic) bond motifs is 4. The molecule has 5 aromatic rings. The van der Waals surface area contributed by atoms with Crippen LogP contribution >= 0.6 is 11.3 Å². The molecule has 0 spiro atoms. The van der Waals surface area contributed by atoms with E-state index in [4.69, 9.17) is 8.53 Å². The molecule has 0 amide bonds. The van der Waals surface area contributed by atoms with Gasteiger partial charge in [0.1, 0.15) is 5.58 Å². The van der Waals surface area contributed by atoms with E-state index in [1.54, 1.807) is 23.6 Å². The Bertz CT molecular complexity index is 1290. The molecule has 0 aliphatic rings. The van der Waals surface area contributed by atoms with Crippen molar-refractivity contribution in [3.05, 3.63) is 59.7 Å². The molecule has 4 heterocycles. The number of aryl methyl sites for hydroxylation is 1. The third kappa shape index (κ3) is 1.82. The standard InChI is InChI=1S/C19H12N2OS/c1-11-5-6-14-13-3-2-4-15(17(13)22-19(14)21-11)16-18-12(7-9-20-16)8-10-23-18/h2-10H,1H3/i1D3. The van der Waals surface area contributed by atoms with Crippen molar-refractivity contribution in [2.45, 2.75) is 6.85 Å². The van der Waals surface area contributed by atoms with Crippen LogP contribution in [-0.2, 0) is 0 Å². The predicted molar refractivity (Wildman–Crippen MR) is 94.9 cm³/mol. The number of benzene rings is 1. The van der Waals surface area contributed by atoms with Gasteiger partial charge in [0.15, 0.2) is 0 Å². The highest BCUT2D eigenvalue weighted by Crippen LogP contribution is 2.38. The van der Waals surface area contributed by atoms with Crippen molar-refractivity contribution in [3.63, 3.8) is 0 Å². The van der Waals surface area contributed by atoms with Crippen LogP contribution in [0.1, 0.15) is 9.81 Å².